The maximum Gasteiger partial charge on any atom is 0.337 e. The molecule has 2 unspecified atom stereocenters. The number of fused-ring (bicyclic) bond motifs is 1. The van der Waals surface area contributed by atoms with Crippen molar-refractivity contribution >= 4 is 22.7 Å². The summed E-state index contributed by atoms with van der Waals surface area (Å²) in [5.74, 6) is -2.44. The lowest BCUT2D eigenvalue weighted by Crippen LogP contribution is -2.17. The van der Waals surface area contributed by atoms with Crippen LogP contribution >= 0.6 is 0 Å². The van der Waals surface area contributed by atoms with Crippen molar-refractivity contribution in [3.8, 4) is 0 Å². The molecule has 0 radical (unpaired) electrons. The van der Waals surface area contributed by atoms with Gasteiger partial charge in [0.15, 0.2) is 0 Å². The summed E-state index contributed by atoms with van der Waals surface area (Å²) in [7, 11) is 0. The molecule has 2 aromatic rings. The van der Waals surface area contributed by atoms with Gasteiger partial charge < -0.3 is 19.7 Å². The van der Waals surface area contributed by atoms with Gasteiger partial charge in [0.1, 0.15) is 0 Å². The Balaban J connectivity index is 2.05. The number of benzene rings is 2. The molecule has 24 heavy (non-hydrogen) atoms. The predicted octanol–water partition coefficient (Wildman–Crippen LogP) is 2.12. The Morgan fingerprint density at radius 3 is 1.88 bits per heavy atom. The minimum absolute atomic E-state index is 0.0372. The fourth-order valence-electron chi connectivity index (χ4n) is 3.31. The van der Waals surface area contributed by atoms with Crippen LogP contribution in [0, 0.1) is 0 Å². The van der Waals surface area contributed by atoms with E-state index in [0.29, 0.717) is 37.0 Å². The van der Waals surface area contributed by atoms with Crippen LogP contribution in [0.3, 0.4) is 0 Å². The lowest BCUT2D eigenvalue weighted by Gasteiger charge is -2.18. The zero-order valence-corrected chi connectivity index (χ0v) is 12.8. The largest absolute Gasteiger partial charge is 0.478 e. The molecule has 124 valence electrons. The quantitative estimate of drug-likeness (QED) is 0.788. The third-order valence-electron chi connectivity index (χ3n) is 4.53. The second-order valence-corrected chi connectivity index (χ2v) is 6.18. The molecule has 2 heterocycles. The second-order valence-electron chi connectivity index (χ2n) is 6.18. The van der Waals surface area contributed by atoms with Gasteiger partial charge >= 0.3 is 11.9 Å². The number of carboxylic acids is 2. The van der Waals surface area contributed by atoms with Crippen LogP contribution in [0.25, 0.3) is 10.8 Å². The van der Waals surface area contributed by atoms with Gasteiger partial charge in [0.2, 0.25) is 0 Å². The summed E-state index contributed by atoms with van der Waals surface area (Å²) in [6.07, 6.45) is 1.03. The number of carboxylic acid groups (broad SMARTS) is 2. The highest BCUT2D eigenvalue weighted by Crippen LogP contribution is 2.35. The van der Waals surface area contributed by atoms with E-state index >= 15 is 0 Å². The van der Waals surface area contributed by atoms with Crippen LogP contribution in [0.15, 0.2) is 24.3 Å². The van der Waals surface area contributed by atoms with Gasteiger partial charge in [-0.2, -0.15) is 0 Å². The highest BCUT2D eigenvalue weighted by atomic mass is 16.6. The van der Waals surface area contributed by atoms with Crippen LogP contribution in [0.1, 0.15) is 31.8 Å². The van der Waals surface area contributed by atoms with Crippen LogP contribution in [0.5, 0.6) is 0 Å². The van der Waals surface area contributed by atoms with Gasteiger partial charge in [-0.3, -0.25) is 0 Å². The minimum atomic E-state index is -1.23. The highest BCUT2D eigenvalue weighted by Gasteiger charge is 2.34. The van der Waals surface area contributed by atoms with Crippen molar-refractivity contribution in [2.24, 2.45) is 0 Å². The number of ether oxygens (including phenoxy) is 2. The second kappa shape index (κ2) is 5.58. The van der Waals surface area contributed by atoms with Gasteiger partial charge in [0, 0.05) is 12.8 Å². The molecular weight excluding hydrogens is 312 g/mol. The van der Waals surface area contributed by atoms with E-state index in [9.17, 15) is 19.8 Å². The first-order valence-corrected chi connectivity index (χ1v) is 7.82. The normalized spacial score (nSPS) is 21.7. The molecule has 0 amide bonds. The molecule has 2 saturated heterocycles. The Morgan fingerprint density at radius 1 is 0.875 bits per heavy atom. The van der Waals surface area contributed by atoms with Crippen LogP contribution in [-0.2, 0) is 22.3 Å². The number of rotatable bonds is 6. The highest BCUT2D eigenvalue weighted by molar-refractivity contribution is 6.13. The number of epoxide rings is 2. The van der Waals surface area contributed by atoms with E-state index in [4.69, 9.17) is 9.47 Å². The molecule has 0 bridgehead atoms. The predicted molar refractivity (Wildman–Crippen MR) is 84.8 cm³/mol. The summed E-state index contributed by atoms with van der Waals surface area (Å²) in [5.41, 5.74) is 1.17. The summed E-state index contributed by atoms with van der Waals surface area (Å²) in [4.78, 5) is 23.7. The van der Waals surface area contributed by atoms with Crippen molar-refractivity contribution in [1.82, 2.24) is 0 Å². The number of carbonyl (C=O) groups is 2. The van der Waals surface area contributed by atoms with Crippen molar-refractivity contribution in [2.45, 2.75) is 25.0 Å². The van der Waals surface area contributed by atoms with Crippen LogP contribution < -0.4 is 0 Å². The molecule has 0 aromatic heterocycles. The summed E-state index contributed by atoms with van der Waals surface area (Å²) >= 11 is 0. The molecule has 0 spiro atoms. The zero-order chi connectivity index (χ0) is 16.8. The average molecular weight is 328 g/mol. The molecule has 2 N–H and O–H groups in total. The summed E-state index contributed by atoms with van der Waals surface area (Å²) in [5, 5.41) is 20.6. The van der Waals surface area contributed by atoms with E-state index in [1.807, 2.05) is 12.1 Å². The Labute approximate surface area is 137 Å². The third kappa shape index (κ3) is 2.64. The molecule has 4 rings (SSSR count). The molecule has 0 aliphatic carbocycles. The molecule has 2 aromatic carbocycles. The first kappa shape index (κ1) is 15.1. The number of hydrogen-bond acceptors (Lipinski definition) is 4. The van der Waals surface area contributed by atoms with E-state index in [0.717, 1.165) is 10.9 Å². The van der Waals surface area contributed by atoms with E-state index in [-0.39, 0.29) is 23.3 Å². The Bertz CT molecular complexity index is 848. The van der Waals surface area contributed by atoms with Crippen molar-refractivity contribution in [3.63, 3.8) is 0 Å². The fourth-order valence-corrected chi connectivity index (χ4v) is 3.31. The molecular formula is C18H16O6. The van der Waals surface area contributed by atoms with Gasteiger partial charge in [-0.25, -0.2) is 9.59 Å². The van der Waals surface area contributed by atoms with Gasteiger partial charge in [-0.1, -0.05) is 24.3 Å². The van der Waals surface area contributed by atoms with Crippen molar-refractivity contribution < 1.29 is 29.3 Å². The molecule has 0 saturated carbocycles. The molecule has 2 aliphatic heterocycles. The van der Waals surface area contributed by atoms with E-state index < -0.39 is 11.9 Å². The molecule has 2 fully saturated rings. The lowest BCUT2D eigenvalue weighted by molar-refractivity contribution is 0.0652. The van der Waals surface area contributed by atoms with Gasteiger partial charge in [0.25, 0.3) is 0 Å². The maximum atomic E-state index is 11.9. The van der Waals surface area contributed by atoms with Gasteiger partial charge in [-0.15, -0.1) is 0 Å². The Kier molecular flexibility index (Phi) is 3.51. The minimum Gasteiger partial charge on any atom is -0.478 e. The van der Waals surface area contributed by atoms with E-state index in [1.54, 1.807) is 12.1 Å². The number of hydrogen-bond donors (Lipinski definition) is 2. The van der Waals surface area contributed by atoms with Crippen LogP contribution in [-0.4, -0.2) is 47.6 Å². The lowest BCUT2D eigenvalue weighted by atomic mass is 9.85. The van der Waals surface area contributed by atoms with Crippen molar-refractivity contribution in [1.29, 1.82) is 0 Å². The topological polar surface area (TPSA) is 99.7 Å². The van der Waals surface area contributed by atoms with Gasteiger partial charge in [0.05, 0.1) is 36.5 Å². The summed E-state index contributed by atoms with van der Waals surface area (Å²) < 4.78 is 10.6. The molecule has 2 aliphatic rings. The zero-order valence-electron chi connectivity index (χ0n) is 12.8. The smallest absolute Gasteiger partial charge is 0.337 e. The summed E-state index contributed by atoms with van der Waals surface area (Å²) in [6.45, 7) is 1.23. The molecule has 2 atom stereocenters. The first-order chi connectivity index (χ1) is 11.6. The van der Waals surface area contributed by atoms with E-state index in [1.165, 1.54) is 0 Å². The molecule has 6 heteroatoms. The molecule has 6 nitrogen and oxygen atoms in total. The van der Waals surface area contributed by atoms with Crippen LogP contribution in [0.4, 0.5) is 0 Å². The summed E-state index contributed by atoms with van der Waals surface area (Å²) in [6, 6.07) is 7.08. The van der Waals surface area contributed by atoms with Crippen LogP contribution in [0.2, 0.25) is 0 Å². The monoisotopic (exact) mass is 328 g/mol. The third-order valence-corrected chi connectivity index (χ3v) is 4.53. The standard InChI is InChI=1S/C18H16O6/c19-17(20)15-12-4-2-1-3-11(12)13(5-9-7-23-9)14(6-10-8-24-10)16(15)18(21)22/h1-4,9-10H,5-8H2,(H,19,20)(H,21,22). The fraction of sp³-hybridized carbons (Fsp3) is 0.333. The van der Waals surface area contributed by atoms with Gasteiger partial charge in [-0.05, 0) is 21.9 Å². The van der Waals surface area contributed by atoms with E-state index in [2.05, 4.69) is 0 Å². The number of aromatic carboxylic acids is 2. The SMILES string of the molecule is O=C(O)c1c(CC2CO2)c(CC2CO2)c2ccccc2c1C(=O)O. The first-order valence-electron chi connectivity index (χ1n) is 7.82. The maximum absolute atomic E-state index is 11.9. The Morgan fingerprint density at radius 2 is 1.38 bits per heavy atom. The van der Waals surface area contributed by atoms with Crippen molar-refractivity contribution in [3.05, 3.63) is 46.5 Å². The average Bonchev–Trinajstić information content (AvgIpc) is 3.43. The van der Waals surface area contributed by atoms with Crippen molar-refractivity contribution in [2.75, 3.05) is 13.2 Å². The Hall–Kier alpha value is -2.44.